The van der Waals surface area contributed by atoms with E-state index in [4.69, 9.17) is 9.98 Å². The largest absolute Gasteiger partial charge is 0.271 e. The highest BCUT2D eigenvalue weighted by molar-refractivity contribution is 7.91. The fourth-order valence-corrected chi connectivity index (χ4v) is 3.01. The monoisotopic (exact) mass is 248 g/mol. The molecule has 3 N–H and O–H groups in total. The molecular formula is C9H16N2O4S. The second-order valence-electron chi connectivity index (χ2n) is 4.49. The first kappa shape index (κ1) is 11.8. The van der Waals surface area contributed by atoms with E-state index in [1.165, 1.54) is 0 Å². The van der Waals surface area contributed by atoms with Gasteiger partial charge in [-0.3, -0.25) is 9.63 Å². The molecule has 0 radical (unpaired) electrons. The van der Waals surface area contributed by atoms with Crippen LogP contribution in [0.25, 0.3) is 0 Å². The van der Waals surface area contributed by atoms with E-state index in [1.807, 2.05) is 0 Å². The number of primary sulfonamides is 1. The number of rotatable bonds is 4. The second-order valence-corrected chi connectivity index (χ2v) is 6.37. The number of hydroxylamine groups is 1. The Labute approximate surface area is 94.5 Å². The molecule has 2 aliphatic rings. The van der Waals surface area contributed by atoms with E-state index in [0.717, 1.165) is 19.3 Å². The molecule has 0 aliphatic heterocycles. The van der Waals surface area contributed by atoms with Crippen LogP contribution in [-0.4, -0.2) is 25.2 Å². The summed E-state index contributed by atoms with van der Waals surface area (Å²) in [6, 6.07) is 0. The first-order valence-corrected chi connectivity index (χ1v) is 6.99. The van der Waals surface area contributed by atoms with Crippen LogP contribution in [-0.2, 0) is 19.7 Å². The fraction of sp³-hybridized carbons (Fsp3) is 0.889. The van der Waals surface area contributed by atoms with Gasteiger partial charge in [-0.15, -0.1) is 0 Å². The second kappa shape index (κ2) is 3.97. The van der Waals surface area contributed by atoms with Crippen LogP contribution in [0.15, 0.2) is 0 Å². The molecule has 0 aromatic heterocycles. The van der Waals surface area contributed by atoms with Gasteiger partial charge in [0.25, 0.3) is 5.91 Å². The minimum absolute atomic E-state index is 0.0292. The van der Waals surface area contributed by atoms with Gasteiger partial charge in [-0.2, -0.15) is 0 Å². The van der Waals surface area contributed by atoms with Crippen LogP contribution < -0.4 is 10.6 Å². The Morgan fingerprint density at radius 1 is 1.31 bits per heavy atom. The quantitative estimate of drug-likeness (QED) is 0.673. The number of carbonyl (C=O) groups is 1. The summed E-state index contributed by atoms with van der Waals surface area (Å²) in [5.74, 6) is -0.617. The third-order valence-electron chi connectivity index (χ3n) is 3.49. The van der Waals surface area contributed by atoms with Gasteiger partial charge in [-0.1, -0.05) is 0 Å². The zero-order chi connectivity index (χ0) is 11.8. The van der Waals surface area contributed by atoms with Crippen molar-refractivity contribution in [3.05, 3.63) is 0 Å². The van der Waals surface area contributed by atoms with Crippen LogP contribution >= 0.6 is 0 Å². The van der Waals surface area contributed by atoms with Crippen molar-refractivity contribution >= 4 is 15.9 Å². The van der Waals surface area contributed by atoms with E-state index in [1.54, 1.807) is 0 Å². The average molecular weight is 248 g/mol. The van der Waals surface area contributed by atoms with Gasteiger partial charge < -0.3 is 0 Å². The van der Waals surface area contributed by atoms with Gasteiger partial charge in [0.05, 0.1) is 6.10 Å². The number of hydrogen-bond acceptors (Lipinski definition) is 4. The Bertz CT molecular complexity index is 384. The summed E-state index contributed by atoms with van der Waals surface area (Å²) in [6.45, 7) is 0. The molecule has 7 heteroatoms. The van der Waals surface area contributed by atoms with Crippen molar-refractivity contribution in [2.24, 2.45) is 5.14 Å². The molecule has 0 bridgehead atoms. The number of amides is 1. The Morgan fingerprint density at radius 3 is 2.25 bits per heavy atom. The summed E-state index contributed by atoms with van der Waals surface area (Å²) >= 11 is 0. The summed E-state index contributed by atoms with van der Waals surface area (Å²) < 4.78 is 21.3. The Balaban J connectivity index is 1.96. The molecule has 2 rings (SSSR count). The molecule has 16 heavy (non-hydrogen) atoms. The molecule has 0 saturated heterocycles. The lowest BCUT2D eigenvalue weighted by atomic mass is 9.83. The van der Waals surface area contributed by atoms with Crippen LogP contribution in [0.1, 0.15) is 38.5 Å². The molecule has 0 spiro atoms. The van der Waals surface area contributed by atoms with Crippen molar-refractivity contribution in [2.75, 3.05) is 0 Å². The van der Waals surface area contributed by atoms with E-state index in [0.29, 0.717) is 6.42 Å². The van der Waals surface area contributed by atoms with Crippen molar-refractivity contribution < 1.29 is 18.0 Å². The molecule has 0 atom stereocenters. The number of carbonyl (C=O) groups excluding carboxylic acids is 1. The summed E-state index contributed by atoms with van der Waals surface area (Å²) in [7, 11) is -3.86. The third-order valence-corrected chi connectivity index (χ3v) is 5.17. The van der Waals surface area contributed by atoms with Gasteiger partial charge in [-0.25, -0.2) is 19.0 Å². The van der Waals surface area contributed by atoms with Gasteiger partial charge in [0.2, 0.25) is 10.0 Å². The van der Waals surface area contributed by atoms with Crippen molar-refractivity contribution in [3.8, 4) is 0 Å². The maximum absolute atomic E-state index is 11.7. The van der Waals surface area contributed by atoms with Crippen LogP contribution in [0.3, 0.4) is 0 Å². The predicted molar refractivity (Wildman–Crippen MR) is 56.6 cm³/mol. The maximum Gasteiger partial charge on any atom is 0.266 e. The normalized spacial score (nSPS) is 24.3. The molecule has 2 aliphatic carbocycles. The van der Waals surface area contributed by atoms with E-state index in [-0.39, 0.29) is 18.9 Å². The molecule has 0 aromatic rings. The van der Waals surface area contributed by atoms with Gasteiger partial charge >= 0.3 is 0 Å². The van der Waals surface area contributed by atoms with E-state index in [2.05, 4.69) is 5.48 Å². The number of nitrogens with two attached hydrogens (primary N) is 1. The zero-order valence-electron chi connectivity index (χ0n) is 8.94. The van der Waals surface area contributed by atoms with E-state index < -0.39 is 20.7 Å². The highest BCUT2D eigenvalue weighted by Crippen LogP contribution is 2.38. The topological polar surface area (TPSA) is 98.5 Å². The lowest BCUT2D eigenvalue weighted by molar-refractivity contribution is -0.147. The Morgan fingerprint density at radius 2 is 1.94 bits per heavy atom. The van der Waals surface area contributed by atoms with Gasteiger partial charge in [0.1, 0.15) is 0 Å². The lowest BCUT2D eigenvalue weighted by Crippen LogP contribution is -2.59. The SMILES string of the molecule is NS(=O)(=O)C1(C(=O)NOC2CCC2)CCC1. The minimum atomic E-state index is -3.86. The molecule has 0 heterocycles. The van der Waals surface area contributed by atoms with Crippen LogP contribution in [0.4, 0.5) is 0 Å². The summed E-state index contributed by atoms with van der Waals surface area (Å²) in [5.41, 5.74) is 2.24. The number of sulfonamides is 1. The van der Waals surface area contributed by atoms with Crippen LogP contribution in [0.5, 0.6) is 0 Å². The predicted octanol–water partition coefficient (Wildman–Crippen LogP) is -0.202. The Kier molecular flexibility index (Phi) is 2.93. The third kappa shape index (κ3) is 1.83. The van der Waals surface area contributed by atoms with E-state index >= 15 is 0 Å². The lowest BCUT2D eigenvalue weighted by Gasteiger charge is -2.38. The molecule has 2 saturated carbocycles. The minimum Gasteiger partial charge on any atom is -0.271 e. The summed E-state index contributed by atoms with van der Waals surface area (Å²) in [5, 5.41) is 5.09. The maximum atomic E-state index is 11.7. The standard InChI is InChI=1S/C9H16N2O4S/c10-16(13,14)9(5-2-6-9)8(12)11-15-7-3-1-4-7/h7H,1-6H2,(H,11,12)(H2,10,13,14). The number of hydrogen-bond donors (Lipinski definition) is 2. The zero-order valence-corrected chi connectivity index (χ0v) is 9.76. The summed E-state index contributed by atoms with van der Waals surface area (Å²) in [4.78, 5) is 16.8. The molecule has 92 valence electrons. The van der Waals surface area contributed by atoms with Gasteiger partial charge in [0, 0.05) is 0 Å². The first-order chi connectivity index (χ1) is 7.46. The molecule has 0 unspecified atom stereocenters. The molecular weight excluding hydrogens is 232 g/mol. The van der Waals surface area contributed by atoms with Crippen LogP contribution in [0.2, 0.25) is 0 Å². The first-order valence-electron chi connectivity index (χ1n) is 5.44. The molecule has 2 fully saturated rings. The van der Waals surface area contributed by atoms with Gasteiger partial charge in [0.15, 0.2) is 4.75 Å². The highest BCUT2D eigenvalue weighted by atomic mass is 32.2. The molecule has 0 aromatic carbocycles. The Hall–Kier alpha value is -0.660. The fourth-order valence-electron chi connectivity index (χ4n) is 1.86. The van der Waals surface area contributed by atoms with Crippen molar-refractivity contribution in [3.63, 3.8) is 0 Å². The van der Waals surface area contributed by atoms with Crippen LogP contribution in [0, 0.1) is 0 Å². The average Bonchev–Trinajstić information content (AvgIpc) is 1.95. The smallest absolute Gasteiger partial charge is 0.266 e. The highest BCUT2D eigenvalue weighted by Gasteiger charge is 2.54. The van der Waals surface area contributed by atoms with Crippen molar-refractivity contribution in [2.45, 2.75) is 49.4 Å². The number of nitrogens with one attached hydrogen (secondary N) is 1. The van der Waals surface area contributed by atoms with Crippen molar-refractivity contribution in [1.29, 1.82) is 0 Å². The summed E-state index contributed by atoms with van der Waals surface area (Å²) in [6.07, 6.45) is 4.19. The van der Waals surface area contributed by atoms with E-state index in [9.17, 15) is 13.2 Å². The molecule has 6 nitrogen and oxygen atoms in total. The van der Waals surface area contributed by atoms with Gasteiger partial charge in [-0.05, 0) is 38.5 Å². The van der Waals surface area contributed by atoms with Crippen molar-refractivity contribution in [1.82, 2.24) is 5.48 Å². The molecule has 1 amide bonds.